The lowest BCUT2D eigenvalue weighted by Crippen LogP contribution is -2.62. The first-order valence-corrected chi connectivity index (χ1v) is 12.4. The molecule has 0 saturated heterocycles. The number of aliphatic carboxylic acids is 1. The van der Waals surface area contributed by atoms with E-state index in [1.54, 1.807) is 6.92 Å². The smallest absolute Gasteiger partial charge is 0.351 e. The molecule has 3 rings (SSSR count). The van der Waals surface area contributed by atoms with E-state index >= 15 is 0 Å². The molecule has 36 heavy (non-hydrogen) atoms. The zero-order chi connectivity index (χ0) is 26.8. The summed E-state index contributed by atoms with van der Waals surface area (Å²) < 4.78 is 13.1. The summed E-state index contributed by atoms with van der Waals surface area (Å²) in [4.78, 5) is 22.3. The van der Waals surface area contributed by atoms with Crippen LogP contribution in [-0.2, 0) is 21.6 Å². The van der Waals surface area contributed by atoms with Crippen molar-refractivity contribution >= 4 is 5.97 Å². The van der Waals surface area contributed by atoms with Crippen LogP contribution in [0.1, 0.15) is 185 Å². The highest BCUT2D eigenvalue weighted by atomic mass is 16.6. The van der Waals surface area contributed by atoms with Crippen molar-refractivity contribution in [3.8, 4) is 6.01 Å². The van der Waals surface area contributed by atoms with E-state index in [1.165, 1.54) is 0 Å². The summed E-state index contributed by atoms with van der Waals surface area (Å²) in [6.45, 7) is 17.2. The number of ether oxygens (including phenoxy) is 2. The third-order valence-electron chi connectivity index (χ3n) is 6.93. The minimum absolute atomic E-state index is 0. The predicted octanol–water partition coefficient (Wildman–Crippen LogP) is 25.6. The second-order valence-corrected chi connectivity index (χ2v) is 9.97. The van der Waals surface area contributed by atoms with E-state index in [0.717, 1.165) is 33.5 Å². The monoisotopic (exact) mass is 650 g/mol. The van der Waals surface area contributed by atoms with Crippen LogP contribution >= 0.6 is 0 Å². The van der Waals surface area contributed by atoms with Crippen LogP contribution in [-0.4, -0.2) is 32.7 Å². The van der Waals surface area contributed by atoms with Crippen molar-refractivity contribution in [1.82, 2.24) is 9.97 Å². The molecule has 3 aromatic rings. The number of hydrogen-bond donors (Lipinski definition) is 1. The summed E-state index contributed by atoms with van der Waals surface area (Å²) in [5.41, 5.74) is 3.57. The van der Waals surface area contributed by atoms with Gasteiger partial charge >= 0.3 is 12.0 Å². The number of carboxylic acid groups (broad SMARTS) is 1. The zero-order valence-corrected chi connectivity index (χ0v) is 22.9. The summed E-state index contributed by atoms with van der Waals surface area (Å²) in [6, 6.07) is 13.7. The molecule has 0 radical (unpaired) electrons. The highest BCUT2D eigenvalue weighted by Gasteiger charge is 2.61. The lowest BCUT2D eigenvalue weighted by Gasteiger charge is -2.47. The first-order chi connectivity index (χ1) is 16.9. The molecule has 1 N–H and O–H groups in total. The molecule has 1 unspecified atom stereocenters. The molecule has 0 aliphatic carbocycles. The Hall–Kier alpha value is -3.25. The second kappa shape index (κ2) is 10.4. The van der Waals surface area contributed by atoms with Gasteiger partial charge in [-0.1, -0.05) is 43.3 Å². The number of aryl methyl sites for hydroxylation is 5. The number of carboxylic acids is 1. The molecular formula is C30H196N2O4. The summed E-state index contributed by atoms with van der Waals surface area (Å²) in [5.74, 6) is -1.18. The lowest BCUT2D eigenvalue weighted by molar-refractivity contribution is -0.196. The molecule has 0 saturated carbocycles. The fourth-order valence-electron chi connectivity index (χ4n) is 4.66. The number of carbonyl (C=O) groups is 1. The van der Waals surface area contributed by atoms with Crippen LogP contribution in [0.5, 0.6) is 6.01 Å². The molecule has 0 spiro atoms. The summed E-state index contributed by atoms with van der Waals surface area (Å²) >= 11 is 0. The summed E-state index contributed by atoms with van der Waals surface area (Å²) in [6.07, 6.45) is 0.351. The van der Waals surface area contributed by atoms with Crippen LogP contribution in [0.3, 0.4) is 0 Å². The predicted molar refractivity (Wildman–Crippen MR) is 309 cm³/mol. The molecule has 0 bridgehead atoms. The van der Waals surface area contributed by atoms with E-state index in [9.17, 15) is 9.90 Å². The van der Waals surface area contributed by atoms with Crippen LogP contribution < -0.4 is 4.74 Å². The van der Waals surface area contributed by atoms with E-state index in [-0.39, 0.29) is 125 Å². The van der Waals surface area contributed by atoms with Crippen molar-refractivity contribution in [3.63, 3.8) is 0 Å². The summed E-state index contributed by atoms with van der Waals surface area (Å²) in [7, 11) is 0. The van der Waals surface area contributed by atoms with E-state index in [4.69, 9.17) is 9.47 Å². The molecular weight excluding hydrogens is 452 g/mol. The normalized spacial score (nSPS) is 14.8. The number of benzene rings is 2. The average molecular weight is 650 g/mol. The molecule has 0 aliphatic heterocycles. The Balaban J connectivity index is -0.00000000244. The first kappa shape index (κ1) is 27.3. The minimum atomic E-state index is -1.92. The number of hydrogen-bond acceptors (Lipinski definition) is 5. The molecule has 6 nitrogen and oxygen atoms in total. The lowest BCUT2D eigenvalue weighted by atomic mass is 9.70. The van der Waals surface area contributed by atoms with E-state index < -0.39 is 17.2 Å². The maximum Gasteiger partial charge on any atom is 0.351 e. The Morgan fingerprint density at radius 1 is 1.00 bits per heavy atom. The SMILES string of the molecule is CCc1cc(C)nc(O[C@](C)(C(=O)O)C(OC(C)C)(c2ccc(C)c(C)c2)c2cccc(C)c2C)n1.[HH].[HH].[HH].[HH].[HH].[HH].[HH].[HH].[HH].[HH].[HH].[HH].[HH].[HH].[HH].[HH].[HH].[HH].[HH].[HH].[HH].[HH].[HH].[HH].[HH].[HH].[HH].[HH].[HH].[HH].[HH].[HH].[HH].[HH].[HH].[HH].[HH].[HH].[HH].[HH].[HH].[HH].[HH].[HH].[HH].[HH].[HH].[HH].[HH].[HH].[HH].[HH].[HH].[HH].[HH].[HH].[HH].[HH].[HH].[HH].[HH].[HH].[HH].[HH].[HH].[HH].[HH].[HH].[HH].[HH].[HH].[HH].[HH].[HH].[HH].[HH].[HH].[HH].[HH]. The maximum absolute atomic E-state index is 13.3. The van der Waals surface area contributed by atoms with Gasteiger partial charge in [0.15, 0.2) is 5.60 Å². The van der Waals surface area contributed by atoms with Crippen LogP contribution in [0.2, 0.25) is 0 Å². The summed E-state index contributed by atoms with van der Waals surface area (Å²) in [5, 5.41) is 10.9. The maximum atomic E-state index is 13.3. The topological polar surface area (TPSA) is 81.5 Å². The van der Waals surface area contributed by atoms with Gasteiger partial charge in [0.1, 0.15) is 0 Å². The van der Waals surface area contributed by atoms with Gasteiger partial charge in [-0.3, -0.25) is 0 Å². The minimum Gasteiger partial charge on any atom is -0.478 e. The van der Waals surface area contributed by atoms with Crippen LogP contribution in [0, 0.1) is 34.6 Å². The van der Waals surface area contributed by atoms with Crippen molar-refractivity contribution in [2.75, 3.05) is 0 Å². The molecule has 1 aromatic heterocycles. The number of rotatable bonds is 9. The second-order valence-electron chi connectivity index (χ2n) is 9.97. The molecule has 0 amide bonds. The van der Waals surface area contributed by atoms with Gasteiger partial charge in [0.05, 0.1) is 6.10 Å². The molecule has 6 heteroatoms. The van der Waals surface area contributed by atoms with E-state index in [0.29, 0.717) is 17.7 Å². The molecule has 0 aliphatic rings. The third-order valence-corrected chi connectivity index (χ3v) is 6.93. The Labute approximate surface area is 332 Å². The zero-order valence-electron chi connectivity index (χ0n) is 22.9. The highest BCUT2D eigenvalue weighted by Crippen LogP contribution is 2.48. The molecule has 1 heterocycles. The van der Waals surface area contributed by atoms with Crippen molar-refractivity contribution in [1.29, 1.82) is 0 Å². The van der Waals surface area contributed by atoms with Crippen LogP contribution in [0.25, 0.3) is 0 Å². The van der Waals surface area contributed by atoms with Crippen LogP contribution in [0.15, 0.2) is 42.5 Å². The Bertz CT molecular complexity index is 1370. The van der Waals surface area contributed by atoms with E-state index in [1.807, 2.05) is 97.9 Å². The first-order valence-electron chi connectivity index (χ1n) is 12.4. The van der Waals surface area contributed by atoms with Gasteiger partial charge < -0.3 is 14.6 Å². The number of nitrogens with zero attached hydrogens (tertiary/aromatic N) is 2. The standard InChI is InChI=1S/C30H38N2O4.79H2/c1-10-25-17-22(7)31-28(32-25)36-29(9,27(33)34)30(35-18(2)3,24-15-14-19(4)21(6)16-24)26-13-11-12-20(5)23(26)8;;;;;;;;;;;;;;;;;;;;;;;;;;;;;;;;;;;;;;;;;;;;;;;;;;;;;;;;;;;;;;;;;;;;;;;;;;;;;;;/h11-18H,10H2,1-9H3,(H,33,34);79*1H/t29-,30?;;;;;;;;;;;;;;;;;;;;;;;;;;;;;;;;;;;;;;;;;;;;;;;;;;;;;;;;;;;;;;;;;;;;;;;;;;;;;;;/m1.............................................................................../s1. The van der Waals surface area contributed by atoms with Crippen molar-refractivity contribution in [2.24, 2.45) is 0 Å². The fraction of sp³-hybridized carbons (Fsp3) is 0.433. The van der Waals surface area contributed by atoms with Gasteiger partial charge in [0.25, 0.3) is 0 Å². The van der Waals surface area contributed by atoms with Crippen molar-refractivity contribution < 1.29 is 132 Å². The van der Waals surface area contributed by atoms with Gasteiger partial charge in [-0.25, -0.2) is 14.8 Å². The quantitative estimate of drug-likeness (QED) is 0.248. The van der Waals surface area contributed by atoms with Crippen molar-refractivity contribution in [3.05, 3.63) is 87.2 Å². The largest absolute Gasteiger partial charge is 0.478 e. The molecule has 350 valence electrons. The number of aromatic nitrogens is 2. The van der Waals surface area contributed by atoms with Crippen molar-refractivity contribution in [2.45, 2.75) is 86.0 Å². The average Bonchev–Trinajstić information content (AvgIpc) is 2.80. The van der Waals surface area contributed by atoms with Crippen LogP contribution in [0.4, 0.5) is 0 Å². The Kier molecular flexibility index (Phi) is 7.89. The van der Waals surface area contributed by atoms with Gasteiger partial charge in [-0.2, -0.15) is 0 Å². The molecule has 2 atom stereocenters. The van der Waals surface area contributed by atoms with Gasteiger partial charge in [0, 0.05) is 124 Å². The highest BCUT2D eigenvalue weighted by molar-refractivity contribution is 5.81. The fourth-order valence-corrected chi connectivity index (χ4v) is 4.66. The Morgan fingerprint density at radius 2 is 1.69 bits per heavy atom. The van der Waals surface area contributed by atoms with Gasteiger partial charge in [-0.15, -0.1) is 0 Å². The van der Waals surface area contributed by atoms with Gasteiger partial charge in [0.2, 0.25) is 5.60 Å². The molecule has 2 aromatic carbocycles. The Morgan fingerprint density at radius 3 is 2.28 bits per heavy atom. The molecule has 0 fully saturated rings. The van der Waals surface area contributed by atoms with Gasteiger partial charge in [-0.05, 0) is 101 Å². The van der Waals surface area contributed by atoms with E-state index in [2.05, 4.69) is 9.97 Å². The third kappa shape index (κ3) is 4.87.